The number of carbonyl (C=O) groups is 1. The van der Waals surface area contributed by atoms with Gasteiger partial charge < -0.3 is 19.4 Å². The summed E-state index contributed by atoms with van der Waals surface area (Å²) in [6.45, 7) is 0.795. The first-order valence-electron chi connectivity index (χ1n) is 11.2. The van der Waals surface area contributed by atoms with E-state index in [2.05, 4.69) is 23.2 Å². The van der Waals surface area contributed by atoms with Crippen molar-refractivity contribution in [2.24, 2.45) is 0 Å². The van der Waals surface area contributed by atoms with Crippen molar-refractivity contribution < 1.29 is 14.3 Å². The third kappa shape index (κ3) is 3.39. The highest BCUT2D eigenvalue weighted by molar-refractivity contribution is 5.93. The van der Waals surface area contributed by atoms with Gasteiger partial charge in [0.25, 0.3) is 0 Å². The average molecular weight is 447 g/mol. The van der Waals surface area contributed by atoms with E-state index >= 15 is 0 Å². The number of rotatable bonds is 3. The predicted molar refractivity (Wildman–Crippen MR) is 128 cm³/mol. The number of hydrogen-bond acceptors (Lipinski definition) is 4. The second-order valence-corrected chi connectivity index (χ2v) is 8.43. The lowest BCUT2D eigenvalue weighted by molar-refractivity contribution is -0.128. The van der Waals surface area contributed by atoms with Gasteiger partial charge in [0.05, 0.1) is 17.7 Å². The maximum Gasteiger partial charge on any atom is 0.247 e. The second-order valence-electron chi connectivity index (χ2n) is 8.43. The van der Waals surface area contributed by atoms with Gasteiger partial charge in [-0.1, -0.05) is 36.4 Å². The van der Waals surface area contributed by atoms with Gasteiger partial charge in [0, 0.05) is 29.2 Å². The van der Waals surface area contributed by atoms with E-state index in [0.29, 0.717) is 23.6 Å². The Labute approximate surface area is 196 Å². The minimum absolute atomic E-state index is 0.0886. The summed E-state index contributed by atoms with van der Waals surface area (Å²) in [6.07, 6.45) is 4.12. The van der Waals surface area contributed by atoms with Crippen molar-refractivity contribution >= 4 is 22.9 Å². The van der Waals surface area contributed by atoms with Gasteiger partial charge in [-0.05, 0) is 59.5 Å². The fourth-order valence-corrected chi connectivity index (χ4v) is 4.88. The van der Waals surface area contributed by atoms with Gasteiger partial charge >= 0.3 is 0 Å². The van der Waals surface area contributed by atoms with E-state index in [0.717, 1.165) is 28.8 Å². The van der Waals surface area contributed by atoms with Gasteiger partial charge in [0.15, 0.2) is 11.5 Å². The molecule has 0 aliphatic carbocycles. The quantitative estimate of drug-likeness (QED) is 0.451. The van der Waals surface area contributed by atoms with Crippen molar-refractivity contribution in [1.29, 1.82) is 5.26 Å². The zero-order valence-electron chi connectivity index (χ0n) is 18.3. The van der Waals surface area contributed by atoms with Crippen molar-refractivity contribution in [3.63, 3.8) is 0 Å². The molecule has 1 unspecified atom stereocenters. The van der Waals surface area contributed by atoms with Crippen molar-refractivity contribution in [2.75, 3.05) is 13.3 Å². The lowest BCUT2D eigenvalue weighted by Crippen LogP contribution is -2.39. The van der Waals surface area contributed by atoms with Crippen molar-refractivity contribution in [2.45, 2.75) is 12.5 Å². The Bertz CT molecular complexity index is 1490. The molecule has 0 bridgehead atoms. The van der Waals surface area contributed by atoms with Crippen LogP contribution in [0.25, 0.3) is 17.0 Å². The Morgan fingerprint density at radius 1 is 1.06 bits per heavy atom. The fourth-order valence-electron chi connectivity index (χ4n) is 4.88. The van der Waals surface area contributed by atoms with Crippen molar-refractivity contribution in [3.8, 4) is 17.6 Å². The number of nitrogens with zero attached hydrogens (tertiary/aromatic N) is 2. The number of benzene rings is 3. The lowest BCUT2D eigenvalue weighted by Gasteiger charge is -2.35. The summed E-state index contributed by atoms with van der Waals surface area (Å²) in [5.74, 6) is 1.32. The van der Waals surface area contributed by atoms with Crippen LogP contribution >= 0.6 is 0 Å². The number of fused-ring (bicyclic) bond motifs is 4. The predicted octanol–water partition coefficient (Wildman–Crippen LogP) is 4.96. The van der Waals surface area contributed by atoms with Crippen LogP contribution in [0, 0.1) is 11.3 Å². The second kappa shape index (κ2) is 8.13. The van der Waals surface area contributed by atoms with Gasteiger partial charge in [-0.2, -0.15) is 5.26 Å². The standard InChI is InChI=1S/C28H21N3O3/c29-16-19-5-3-4-18(14-19)8-11-26(32)31-13-12-22-21-6-1-2-7-23(21)30-27(22)28(31)20-9-10-24-25(15-20)34-17-33-24/h1-11,14-15,28,30H,12-13,17H2. The lowest BCUT2D eigenvalue weighted by atomic mass is 9.92. The third-order valence-corrected chi connectivity index (χ3v) is 6.46. The summed E-state index contributed by atoms with van der Waals surface area (Å²) < 4.78 is 11.1. The van der Waals surface area contributed by atoms with Crippen LogP contribution in [0.2, 0.25) is 0 Å². The summed E-state index contributed by atoms with van der Waals surface area (Å²) in [7, 11) is 0. The highest BCUT2D eigenvalue weighted by Gasteiger charge is 2.34. The number of para-hydroxylation sites is 1. The van der Waals surface area contributed by atoms with Crippen LogP contribution in [-0.4, -0.2) is 29.1 Å². The van der Waals surface area contributed by atoms with Gasteiger partial charge in [-0.25, -0.2) is 0 Å². The van der Waals surface area contributed by atoms with E-state index in [1.165, 1.54) is 10.9 Å². The Hall–Kier alpha value is -4.50. The molecule has 1 N–H and O–H groups in total. The van der Waals surface area contributed by atoms with Gasteiger partial charge in [-0.3, -0.25) is 4.79 Å². The zero-order valence-corrected chi connectivity index (χ0v) is 18.3. The maximum atomic E-state index is 13.5. The Morgan fingerprint density at radius 3 is 2.85 bits per heavy atom. The molecule has 0 fully saturated rings. The number of nitriles is 1. The summed E-state index contributed by atoms with van der Waals surface area (Å²) in [4.78, 5) is 18.9. The largest absolute Gasteiger partial charge is 0.454 e. The molecule has 3 heterocycles. The molecular weight excluding hydrogens is 426 g/mol. The van der Waals surface area contributed by atoms with Gasteiger partial charge in [0.2, 0.25) is 12.7 Å². The minimum Gasteiger partial charge on any atom is -0.454 e. The number of carbonyl (C=O) groups excluding carboxylic acids is 1. The normalized spacial score (nSPS) is 16.6. The Morgan fingerprint density at radius 2 is 1.94 bits per heavy atom. The number of aromatic amines is 1. The molecule has 0 spiro atoms. The first kappa shape index (κ1) is 20.1. The Balaban J connectivity index is 1.41. The van der Waals surface area contributed by atoms with Crippen LogP contribution in [0.15, 0.2) is 72.8 Å². The summed E-state index contributed by atoms with van der Waals surface area (Å²) in [6, 6.07) is 23.2. The first-order chi connectivity index (χ1) is 16.7. The summed E-state index contributed by atoms with van der Waals surface area (Å²) >= 11 is 0. The number of H-pyrrole nitrogens is 1. The SMILES string of the molecule is N#Cc1cccc(C=CC(=O)N2CCc3c([nH]c4ccccc34)C2c2ccc3c(c2)OCO3)c1. The highest BCUT2D eigenvalue weighted by atomic mass is 16.7. The molecule has 6 rings (SSSR count). The number of hydrogen-bond donors (Lipinski definition) is 1. The molecule has 2 aliphatic rings. The van der Waals surface area contributed by atoms with Crippen LogP contribution in [-0.2, 0) is 11.2 Å². The van der Waals surface area contributed by atoms with E-state index in [4.69, 9.17) is 14.7 Å². The van der Waals surface area contributed by atoms with E-state index < -0.39 is 0 Å². The molecule has 6 heteroatoms. The fraction of sp³-hybridized carbons (Fsp3) is 0.143. The van der Waals surface area contributed by atoms with Gasteiger partial charge in [-0.15, -0.1) is 0 Å². The van der Waals surface area contributed by atoms with E-state index in [1.54, 1.807) is 24.3 Å². The molecule has 2 aliphatic heterocycles. The average Bonchev–Trinajstić information content (AvgIpc) is 3.50. The first-order valence-corrected chi connectivity index (χ1v) is 11.2. The smallest absolute Gasteiger partial charge is 0.247 e. The molecule has 0 radical (unpaired) electrons. The van der Waals surface area contributed by atoms with Crippen LogP contribution < -0.4 is 9.47 Å². The molecule has 0 saturated carbocycles. The number of ether oxygens (including phenoxy) is 2. The van der Waals surface area contributed by atoms with Crippen LogP contribution in [0.5, 0.6) is 11.5 Å². The summed E-state index contributed by atoms with van der Waals surface area (Å²) in [5, 5.41) is 10.3. The maximum absolute atomic E-state index is 13.5. The molecule has 1 amide bonds. The molecule has 6 nitrogen and oxygen atoms in total. The Kier molecular flexibility index (Phi) is 4.81. The van der Waals surface area contributed by atoms with Crippen LogP contribution in [0.1, 0.15) is 34.0 Å². The molecule has 3 aromatic carbocycles. The topological polar surface area (TPSA) is 78.4 Å². The van der Waals surface area contributed by atoms with E-state index in [-0.39, 0.29) is 18.7 Å². The highest BCUT2D eigenvalue weighted by Crippen LogP contribution is 2.42. The van der Waals surface area contributed by atoms with E-state index in [9.17, 15) is 4.79 Å². The minimum atomic E-state index is -0.284. The number of aromatic nitrogens is 1. The van der Waals surface area contributed by atoms with Crippen LogP contribution in [0.3, 0.4) is 0 Å². The summed E-state index contributed by atoms with van der Waals surface area (Å²) in [5.41, 5.74) is 5.68. The number of nitrogens with one attached hydrogen (secondary N) is 1. The number of amides is 1. The molecule has 34 heavy (non-hydrogen) atoms. The zero-order chi connectivity index (χ0) is 23.1. The van der Waals surface area contributed by atoms with Crippen molar-refractivity contribution in [3.05, 3.63) is 101 Å². The molecular formula is C28H21N3O3. The monoisotopic (exact) mass is 447 g/mol. The third-order valence-electron chi connectivity index (χ3n) is 6.46. The molecule has 166 valence electrons. The van der Waals surface area contributed by atoms with Gasteiger partial charge in [0.1, 0.15) is 0 Å². The van der Waals surface area contributed by atoms with Crippen molar-refractivity contribution in [1.82, 2.24) is 9.88 Å². The molecule has 1 atom stereocenters. The van der Waals surface area contributed by atoms with E-state index in [1.807, 2.05) is 47.4 Å². The molecule has 4 aromatic rings. The van der Waals surface area contributed by atoms with Crippen LogP contribution in [0.4, 0.5) is 0 Å². The molecule has 0 saturated heterocycles. The molecule has 1 aromatic heterocycles.